The lowest BCUT2D eigenvalue weighted by Gasteiger charge is -2.34. The van der Waals surface area contributed by atoms with Crippen molar-refractivity contribution in [2.45, 2.75) is 65.2 Å². The standard InChI is InChI=1S/C18H28/c1-4-6-16-9-12-18(14(3)13-16)17-10-7-15(5-2)8-11-17/h7-8,10-11,14,16,18H,4-6,9,12-13H2,1-3H3. The lowest BCUT2D eigenvalue weighted by atomic mass is 9.71. The average molecular weight is 244 g/mol. The van der Waals surface area contributed by atoms with Crippen molar-refractivity contribution in [1.29, 1.82) is 0 Å². The van der Waals surface area contributed by atoms with Gasteiger partial charge in [-0.2, -0.15) is 0 Å². The lowest BCUT2D eigenvalue weighted by Crippen LogP contribution is -2.21. The molecule has 3 atom stereocenters. The second-order valence-corrected chi connectivity index (χ2v) is 6.15. The van der Waals surface area contributed by atoms with Crippen LogP contribution < -0.4 is 0 Å². The molecule has 0 N–H and O–H groups in total. The lowest BCUT2D eigenvalue weighted by molar-refractivity contribution is 0.235. The van der Waals surface area contributed by atoms with E-state index in [4.69, 9.17) is 0 Å². The molecule has 0 heteroatoms. The fraction of sp³-hybridized carbons (Fsp3) is 0.667. The summed E-state index contributed by atoms with van der Waals surface area (Å²) >= 11 is 0. The molecule has 0 amide bonds. The van der Waals surface area contributed by atoms with Gasteiger partial charge in [-0.3, -0.25) is 0 Å². The molecule has 18 heavy (non-hydrogen) atoms. The Kier molecular flexibility index (Phi) is 4.86. The van der Waals surface area contributed by atoms with Crippen molar-refractivity contribution in [2.24, 2.45) is 11.8 Å². The summed E-state index contributed by atoms with van der Waals surface area (Å²) in [4.78, 5) is 0. The van der Waals surface area contributed by atoms with Gasteiger partial charge in [0.25, 0.3) is 0 Å². The molecule has 0 saturated heterocycles. The Morgan fingerprint density at radius 2 is 1.78 bits per heavy atom. The highest BCUT2D eigenvalue weighted by Crippen LogP contribution is 2.41. The normalized spacial score (nSPS) is 28.3. The van der Waals surface area contributed by atoms with E-state index in [1.54, 1.807) is 5.56 Å². The van der Waals surface area contributed by atoms with Crippen LogP contribution in [0.1, 0.15) is 69.9 Å². The molecular formula is C18H28. The highest BCUT2D eigenvalue weighted by atomic mass is 14.3. The fourth-order valence-corrected chi connectivity index (χ4v) is 3.67. The maximum atomic E-state index is 2.46. The molecule has 1 fully saturated rings. The summed E-state index contributed by atoms with van der Waals surface area (Å²) in [6, 6.07) is 9.39. The Labute approximate surface area is 113 Å². The van der Waals surface area contributed by atoms with Crippen LogP contribution in [0.2, 0.25) is 0 Å². The van der Waals surface area contributed by atoms with Crippen molar-refractivity contribution >= 4 is 0 Å². The van der Waals surface area contributed by atoms with E-state index in [-0.39, 0.29) is 0 Å². The second-order valence-electron chi connectivity index (χ2n) is 6.15. The van der Waals surface area contributed by atoms with Gasteiger partial charge in [-0.25, -0.2) is 0 Å². The van der Waals surface area contributed by atoms with Crippen molar-refractivity contribution in [3.05, 3.63) is 35.4 Å². The first-order valence-electron chi connectivity index (χ1n) is 7.83. The molecule has 1 saturated carbocycles. The largest absolute Gasteiger partial charge is 0.0654 e. The summed E-state index contributed by atoms with van der Waals surface area (Å²) in [6.45, 7) is 7.01. The molecule has 100 valence electrons. The molecule has 1 aliphatic carbocycles. The summed E-state index contributed by atoms with van der Waals surface area (Å²) in [5, 5.41) is 0. The smallest absolute Gasteiger partial charge is 0.0136 e. The van der Waals surface area contributed by atoms with Gasteiger partial charge in [-0.15, -0.1) is 0 Å². The van der Waals surface area contributed by atoms with Gasteiger partial charge >= 0.3 is 0 Å². The molecule has 0 nitrogen and oxygen atoms in total. The zero-order valence-electron chi connectivity index (χ0n) is 12.3. The SMILES string of the molecule is CCCC1CCC(c2ccc(CC)cc2)C(C)C1. The zero-order chi connectivity index (χ0) is 13.0. The van der Waals surface area contributed by atoms with Gasteiger partial charge in [0.1, 0.15) is 0 Å². The molecule has 0 bridgehead atoms. The number of hydrogen-bond donors (Lipinski definition) is 0. The molecule has 3 unspecified atom stereocenters. The summed E-state index contributed by atoms with van der Waals surface area (Å²) in [7, 11) is 0. The highest BCUT2D eigenvalue weighted by molar-refractivity contribution is 5.26. The Balaban J connectivity index is 2.00. The van der Waals surface area contributed by atoms with Gasteiger partial charge in [-0.1, -0.05) is 57.9 Å². The van der Waals surface area contributed by atoms with Crippen LogP contribution in [0.4, 0.5) is 0 Å². The van der Waals surface area contributed by atoms with E-state index in [1.807, 2.05) is 0 Å². The molecule has 0 heterocycles. The van der Waals surface area contributed by atoms with Crippen molar-refractivity contribution in [3.63, 3.8) is 0 Å². The third-order valence-corrected chi connectivity index (χ3v) is 4.79. The molecule has 0 aliphatic heterocycles. The van der Waals surface area contributed by atoms with Gasteiger partial charge in [0, 0.05) is 0 Å². The van der Waals surface area contributed by atoms with E-state index in [9.17, 15) is 0 Å². The Morgan fingerprint density at radius 1 is 1.06 bits per heavy atom. The molecule has 0 spiro atoms. The van der Waals surface area contributed by atoms with E-state index in [1.165, 1.54) is 37.7 Å². The van der Waals surface area contributed by atoms with Crippen LogP contribution in [0, 0.1) is 11.8 Å². The van der Waals surface area contributed by atoms with Gasteiger partial charge in [0.15, 0.2) is 0 Å². The summed E-state index contributed by atoms with van der Waals surface area (Å²) in [5.41, 5.74) is 3.04. The first kappa shape index (κ1) is 13.6. The minimum absolute atomic E-state index is 0.809. The number of rotatable bonds is 4. The van der Waals surface area contributed by atoms with E-state index in [0.717, 1.165) is 24.2 Å². The fourth-order valence-electron chi connectivity index (χ4n) is 3.67. The van der Waals surface area contributed by atoms with Gasteiger partial charge in [0.05, 0.1) is 0 Å². The summed E-state index contributed by atoms with van der Waals surface area (Å²) in [5.74, 6) is 2.67. The van der Waals surface area contributed by atoms with Crippen LogP contribution in [-0.2, 0) is 6.42 Å². The second kappa shape index (κ2) is 6.41. The van der Waals surface area contributed by atoms with Crippen molar-refractivity contribution in [2.75, 3.05) is 0 Å². The number of aryl methyl sites for hydroxylation is 1. The van der Waals surface area contributed by atoms with E-state index < -0.39 is 0 Å². The van der Waals surface area contributed by atoms with Crippen LogP contribution in [-0.4, -0.2) is 0 Å². The summed E-state index contributed by atoms with van der Waals surface area (Å²) in [6.07, 6.45) is 8.22. The van der Waals surface area contributed by atoms with Crippen molar-refractivity contribution in [1.82, 2.24) is 0 Å². The van der Waals surface area contributed by atoms with Gasteiger partial charge in [-0.05, 0) is 54.6 Å². The van der Waals surface area contributed by atoms with Crippen molar-refractivity contribution in [3.8, 4) is 0 Å². The predicted octanol–water partition coefficient (Wildman–Crippen LogP) is 5.57. The molecule has 0 aromatic heterocycles. The number of benzene rings is 1. The predicted molar refractivity (Wildman–Crippen MR) is 80.0 cm³/mol. The highest BCUT2D eigenvalue weighted by Gasteiger charge is 2.27. The Hall–Kier alpha value is -0.780. The quantitative estimate of drug-likeness (QED) is 0.649. The van der Waals surface area contributed by atoms with E-state index >= 15 is 0 Å². The topological polar surface area (TPSA) is 0 Å². The van der Waals surface area contributed by atoms with Crippen LogP contribution in [0.25, 0.3) is 0 Å². The van der Waals surface area contributed by atoms with Crippen LogP contribution in [0.5, 0.6) is 0 Å². The first-order chi connectivity index (χ1) is 8.74. The Bertz CT molecular complexity index is 349. The maximum absolute atomic E-state index is 2.46. The third kappa shape index (κ3) is 3.16. The van der Waals surface area contributed by atoms with Gasteiger partial charge in [0.2, 0.25) is 0 Å². The van der Waals surface area contributed by atoms with Gasteiger partial charge < -0.3 is 0 Å². The molecule has 2 rings (SSSR count). The van der Waals surface area contributed by atoms with E-state index in [0.29, 0.717) is 0 Å². The third-order valence-electron chi connectivity index (χ3n) is 4.79. The van der Waals surface area contributed by atoms with Crippen LogP contribution >= 0.6 is 0 Å². The van der Waals surface area contributed by atoms with Crippen LogP contribution in [0.3, 0.4) is 0 Å². The zero-order valence-corrected chi connectivity index (χ0v) is 12.3. The van der Waals surface area contributed by atoms with Crippen molar-refractivity contribution < 1.29 is 0 Å². The number of hydrogen-bond acceptors (Lipinski definition) is 0. The molecule has 1 aliphatic rings. The first-order valence-corrected chi connectivity index (χ1v) is 7.83. The maximum Gasteiger partial charge on any atom is -0.0136 e. The average Bonchev–Trinajstić information content (AvgIpc) is 2.40. The molecule has 0 radical (unpaired) electrons. The summed E-state index contributed by atoms with van der Waals surface area (Å²) < 4.78 is 0. The van der Waals surface area contributed by atoms with Crippen LogP contribution in [0.15, 0.2) is 24.3 Å². The minimum Gasteiger partial charge on any atom is -0.0654 e. The molecule has 1 aromatic carbocycles. The van der Waals surface area contributed by atoms with E-state index in [2.05, 4.69) is 45.0 Å². The molecular weight excluding hydrogens is 216 g/mol. The molecule has 1 aromatic rings. The Morgan fingerprint density at radius 3 is 2.33 bits per heavy atom. The monoisotopic (exact) mass is 244 g/mol. The minimum atomic E-state index is 0.809.